The molecule has 0 saturated carbocycles. The van der Waals surface area contributed by atoms with Gasteiger partial charge in [-0.15, -0.1) is 0 Å². The van der Waals surface area contributed by atoms with Crippen LogP contribution in [0.25, 0.3) is 0 Å². The molecular formula is C14H14BrCl2N3. The minimum absolute atomic E-state index is 0.0739. The Morgan fingerprint density at radius 1 is 1.20 bits per heavy atom. The molecule has 3 N–H and O–H groups in total. The fraction of sp³-hybridized carbons (Fsp3) is 0.214. The summed E-state index contributed by atoms with van der Waals surface area (Å²) in [6.07, 6.45) is 5.07. The predicted octanol–water partition coefficient (Wildman–Crippen LogP) is 3.77. The number of benzene rings is 1. The lowest BCUT2D eigenvalue weighted by Crippen LogP contribution is -2.38. The number of hydrogen-bond donors (Lipinski definition) is 2. The molecule has 1 unspecified atom stereocenters. The Hall–Kier alpha value is -0.650. The molecule has 0 aliphatic rings. The SMILES string of the molecule is NNC(Cc1cncc(Br)c1)Cc1ccc(Cl)cc1Cl. The summed E-state index contributed by atoms with van der Waals surface area (Å²) in [6.45, 7) is 0. The average Bonchev–Trinajstić information content (AvgIpc) is 2.41. The standard InChI is InChI=1S/C14H14BrCl2N3/c15-11-3-9(7-19-8-11)4-13(20-18)5-10-1-2-12(16)6-14(10)17/h1-3,6-8,13,20H,4-5,18H2. The Balaban J connectivity index is 2.09. The highest BCUT2D eigenvalue weighted by Crippen LogP contribution is 2.23. The van der Waals surface area contributed by atoms with Crippen LogP contribution in [0, 0.1) is 0 Å². The molecule has 0 fully saturated rings. The van der Waals surface area contributed by atoms with Crippen molar-refractivity contribution in [2.75, 3.05) is 0 Å². The van der Waals surface area contributed by atoms with Crippen molar-refractivity contribution in [2.24, 2.45) is 5.84 Å². The van der Waals surface area contributed by atoms with Crippen molar-refractivity contribution in [1.82, 2.24) is 10.4 Å². The number of hydrogen-bond acceptors (Lipinski definition) is 3. The molecule has 2 rings (SSSR count). The van der Waals surface area contributed by atoms with E-state index in [0.29, 0.717) is 10.0 Å². The molecule has 20 heavy (non-hydrogen) atoms. The van der Waals surface area contributed by atoms with Crippen molar-refractivity contribution >= 4 is 39.1 Å². The van der Waals surface area contributed by atoms with Gasteiger partial charge in [-0.3, -0.25) is 16.3 Å². The predicted molar refractivity (Wildman–Crippen MR) is 86.9 cm³/mol. The molecule has 106 valence electrons. The summed E-state index contributed by atoms with van der Waals surface area (Å²) in [4.78, 5) is 4.15. The Morgan fingerprint density at radius 3 is 2.65 bits per heavy atom. The molecule has 1 atom stereocenters. The number of hydrazine groups is 1. The van der Waals surface area contributed by atoms with E-state index in [1.165, 1.54) is 0 Å². The van der Waals surface area contributed by atoms with Crippen molar-refractivity contribution in [3.05, 3.63) is 62.3 Å². The monoisotopic (exact) mass is 373 g/mol. The smallest absolute Gasteiger partial charge is 0.0453 e. The number of aromatic nitrogens is 1. The van der Waals surface area contributed by atoms with E-state index in [0.717, 1.165) is 28.4 Å². The molecule has 1 aromatic heterocycles. The molecule has 1 aromatic carbocycles. The van der Waals surface area contributed by atoms with Gasteiger partial charge in [-0.05, 0) is 58.1 Å². The molecule has 6 heteroatoms. The van der Waals surface area contributed by atoms with E-state index in [-0.39, 0.29) is 6.04 Å². The van der Waals surface area contributed by atoms with Gasteiger partial charge in [-0.2, -0.15) is 0 Å². The van der Waals surface area contributed by atoms with Gasteiger partial charge in [-0.1, -0.05) is 29.3 Å². The maximum absolute atomic E-state index is 6.19. The van der Waals surface area contributed by atoms with Crippen LogP contribution in [0.3, 0.4) is 0 Å². The highest BCUT2D eigenvalue weighted by molar-refractivity contribution is 9.10. The van der Waals surface area contributed by atoms with Crippen molar-refractivity contribution in [1.29, 1.82) is 0 Å². The summed E-state index contributed by atoms with van der Waals surface area (Å²) >= 11 is 15.5. The number of pyridine rings is 1. The molecular weight excluding hydrogens is 361 g/mol. The number of nitrogens with two attached hydrogens (primary N) is 1. The Bertz CT molecular complexity index is 592. The van der Waals surface area contributed by atoms with Gasteiger partial charge in [0.1, 0.15) is 0 Å². The summed E-state index contributed by atoms with van der Waals surface area (Å²) in [5.41, 5.74) is 4.95. The first kappa shape index (κ1) is 15.7. The first-order valence-corrected chi connectivity index (χ1v) is 7.63. The highest BCUT2D eigenvalue weighted by atomic mass is 79.9. The van der Waals surface area contributed by atoms with Crippen molar-refractivity contribution < 1.29 is 0 Å². The zero-order valence-corrected chi connectivity index (χ0v) is 13.7. The fourth-order valence-corrected chi connectivity index (χ4v) is 2.89. The lowest BCUT2D eigenvalue weighted by atomic mass is 10.0. The fourth-order valence-electron chi connectivity index (χ4n) is 1.99. The summed E-state index contributed by atoms with van der Waals surface area (Å²) in [6, 6.07) is 7.60. The quantitative estimate of drug-likeness (QED) is 0.618. The van der Waals surface area contributed by atoms with E-state index in [1.54, 1.807) is 12.3 Å². The van der Waals surface area contributed by atoms with Gasteiger partial charge in [0.05, 0.1) is 0 Å². The van der Waals surface area contributed by atoms with Gasteiger partial charge in [0.15, 0.2) is 0 Å². The van der Waals surface area contributed by atoms with Gasteiger partial charge in [-0.25, -0.2) is 0 Å². The second-order valence-corrected chi connectivity index (χ2v) is 6.28. The lowest BCUT2D eigenvalue weighted by molar-refractivity contribution is 0.522. The first-order chi connectivity index (χ1) is 9.58. The number of rotatable bonds is 5. The molecule has 1 heterocycles. The maximum Gasteiger partial charge on any atom is 0.0453 e. The second-order valence-electron chi connectivity index (χ2n) is 4.52. The Morgan fingerprint density at radius 2 is 2.00 bits per heavy atom. The normalized spacial score (nSPS) is 12.4. The van der Waals surface area contributed by atoms with Gasteiger partial charge in [0.2, 0.25) is 0 Å². The van der Waals surface area contributed by atoms with E-state index in [1.807, 2.05) is 24.4 Å². The number of halogens is 3. The third-order valence-electron chi connectivity index (χ3n) is 2.96. The first-order valence-electron chi connectivity index (χ1n) is 6.08. The number of nitrogens with zero attached hydrogens (tertiary/aromatic N) is 1. The Kier molecular flexibility index (Phi) is 5.81. The summed E-state index contributed by atoms with van der Waals surface area (Å²) < 4.78 is 0.954. The summed E-state index contributed by atoms with van der Waals surface area (Å²) in [7, 11) is 0. The molecule has 0 saturated heterocycles. The van der Waals surface area contributed by atoms with Crippen LogP contribution in [0.4, 0.5) is 0 Å². The van der Waals surface area contributed by atoms with Gasteiger partial charge in [0.25, 0.3) is 0 Å². The van der Waals surface area contributed by atoms with Crippen molar-refractivity contribution in [3.8, 4) is 0 Å². The molecule has 0 bridgehead atoms. The molecule has 2 aromatic rings. The molecule has 0 radical (unpaired) electrons. The molecule has 3 nitrogen and oxygen atoms in total. The topological polar surface area (TPSA) is 50.9 Å². The van der Waals surface area contributed by atoms with Crippen LogP contribution in [-0.2, 0) is 12.8 Å². The van der Waals surface area contributed by atoms with Gasteiger partial charge < -0.3 is 0 Å². The van der Waals surface area contributed by atoms with E-state index in [2.05, 4.69) is 26.3 Å². The van der Waals surface area contributed by atoms with E-state index >= 15 is 0 Å². The maximum atomic E-state index is 6.19. The van der Waals surface area contributed by atoms with Crippen LogP contribution in [0.1, 0.15) is 11.1 Å². The van der Waals surface area contributed by atoms with Crippen LogP contribution in [0.5, 0.6) is 0 Å². The zero-order chi connectivity index (χ0) is 14.5. The zero-order valence-electron chi connectivity index (χ0n) is 10.6. The molecule has 0 aliphatic carbocycles. The largest absolute Gasteiger partial charge is 0.271 e. The molecule has 0 amide bonds. The summed E-state index contributed by atoms with van der Waals surface area (Å²) in [5, 5.41) is 1.29. The van der Waals surface area contributed by atoms with Crippen LogP contribution >= 0.6 is 39.1 Å². The summed E-state index contributed by atoms with van der Waals surface area (Å²) in [5.74, 6) is 5.64. The van der Waals surface area contributed by atoms with Crippen molar-refractivity contribution in [2.45, 2.75) is 18.9 Å². The minimum Gasteiger partial charge on any atom is -0.271 e. The van der Waals surface area contributed by atoms with Gasteiger partial charge in [0, 0.05) is 33.0 Å². The van der Waals surface area contributed by atoms with Gasteiger partial charge >= 0.3 is 0 Å². The molecule has 0 spiro atoms. The highest BCUT2D eigenvalue weighted by Gasteiger charge is 2.12. The molecule has 0 aliphatic heterocycles. The average molecular weight is 375 g/mol. The number of nitrogens with one attached hydrogen (secondary N) is 1. The van der Waals surface area contributed by atoms with E-state index in [9.17, 15) is 0 Å². The third-order valence-corrected chi connectivity index (χ3v) is 3.98. The van der Waals surface area contributed by atoms with Crippen LogP contribution in [-0.4, -0.2) is 11.0 Å². The minimum atomic E-state index is 0.0739. The third kappa shape index (κ3) is 4.43. The lowest BCUT2D eigenvalue weighted by Gasteiger charge is -2.17. The van der Waals surface area contributed by atoms with Crippen molar-refractivity contribution in [3.63, 3.8) is 0 Å². The van der Waals surface area contributed by atoms with E-state index in [4.69, 9.17) is 29.0 Å². The van der Waals surface area contributed by atoms with Crippen LogP contribution in [0.15, 0.2) is 41.1 Å². The second kappa shape index (κ2) is 7.38. The Labute approximate surface area is 136 Å². The van der Waals surface area contributed by atoms with E-state index < -0.39 is 0 Å². The van der Waals surface area contributed by atoms with Crippen LogP contribution < -0.4 is 11.3 Å². The van der Waals surface area contributed by atoms with Crippen LogP contribution in [0.2, 0.25) is 10.0 Å².